The Morgan fingerprint density at radius 1 is 0.323 bits per heavy atom. The number of nitrogens with zero attached hydrogens (tertiary/aromatic N) is 1. The van der Waals surface area contributed by atoms with Gasteiger partial charge in [-0.15, -0.1) is 11.3 Å². The molecule has 1 atom stereocenters. The van der Waals surface area contributed by atoms with Crippen molar-refractivity contribution < 1.29 is 0 Å². The summed E-state index contributed by atoms with van der Waals surface area (Å²) in [5.41, 5.74) is 19.1. The summed E-state index contributed by atoms with van der Waals surface area (Å²) in [5.74, 6) is 0. The second-order valence-electron chi connectivity index (χ2n) is 17.7. The van der Waals surface area contributed by atoms with E-state index in [-0.39, 0.29) is 5.41 Å². The van der Waals surface area contributed by atoms with Crippen LogP contribution in [0, 0.1) is 0 Å². The van der Waals surface area contributed by atoms with Crippen LogP contribution in [0.1, 0.15) is 45.9 Å². The van der Waals surface area contributed by atoms with E-state index in [1.54, 1.807) is 0 Å². The molecule has 0 radical (unpaired) electrons. The maximum Gasteiger partial charge on any atom is 0.0714 e. The van der Waals surface area contributed by atoms with E-state index >= 15 is 0 Å². The van der Waals surface area contributed by atoms with E-state index in [0.29, 0.717) is 0 Å². The minimum atomic E-state index is -0.525. The number of benzene rings is 10. The number of hydrogen-bond acceptors (Lipinski definition) is 2. The van der Waals surface area contributed by atoms with Gasteiger partial charge in [-0.25, -0.2) is 0 Å². The van der Waals surface area contributed by atoms with Crippen LogP contribution in [0.3, 0.4) is 0 Å². The van der Waals surface area contributed by atoms with Crippen LogP contribution in [0.15, 0.2) is 243 Å². The van der Waals surface area contributed by atoms with Crippen molar-refractivity contribution in [2.75, 3.05) is 4.90 Å². The molecule has 0 amide bonds. The molecule has 1 aromatic heterocycles. The van der Waals surface area contributed by atoms with Crippen molar-refractivity contribution in [3.05, 3.63) is 282 Å². The number of hydrogen-bond donors (Lipinski definition) is 0. The van der Waals surface area contributed by atoms with Gasteiger partial charge in [-0.05, 0) is 128 Å². The topological polar surface area (TPSA) is 3.24 Å². The van der Waals surface area contributed by atoms with Crippen molar-refractivity contribution in [3.63, 3.8) is 0 Å². The average molecular weight is 846 g/mol. The maximum absolute atomic E-state index is 2.50. The molecule has 1 nitrogen and oxygen atoms in total. The molecule has 0 aliphatic heterocycles. The predicted octanol–water partition coefficient (Wildman–Crippen LogP) is 16.9. The summed E-state index contributed by atoms with van der Waals surface area (Å²) in [4.78, 5) is 2.50. The fourth-order valence-electron chi connectivity index (χ4n) is 11.5. The lowest BCUT2D eigenvalue weighted by atomic mass is 9.67. The molecule has 65 heavy (non-hydrogen) atoms. The zero-order valence-electron chi connectivity index (χ0n) is 35.9. The molecular formula is C63H43NS. The highest BCUT2D eigenvalue weighted by Crippen LogP contribution is 2.58. The van der Waals surface area contributed by atoms with E-state index in [4.69, 9.17) is 0 Å². The minimum Gasteiger partial charge on any atom is -0.310 e. The molecule has 0 spiro atoms. The normalized spacial score (nSPS) is 15.3. The van der Waals surface area contributed by atoms with Crippen LogP contribution in [0.2, 0.25) is 0 Å². The fourth-order valence-corrected chi connectivity index (χ4v) is 12.6. The zero-order valence-corrected chi connectivity index (χ0v) is 36.8. The van der Waals surface area contributed by atoms with E-state index < -0.39 is 5.41 Å². The van der Waals surface area contributed by atoms with Gasteiger partial charge in [0.1, 0.15) is 0 Å². The van der Waals surface area contributed by atoms with Crippen molar-refractivity contribution >= 4 is 48.6 Å². The lowest BCUT2D eigenvalue weighted by molar-refractivity contribution is 0.714. The molecule has 2 aliphatic rings. The van der Waals surface area contributed by atoms with E-state index in [2.05, 4.69) is 254 Å². The average Bonchev–Trinajstić information content (AvgIpc) is 3.99. The van der Waals surface area contributed by atoms with Gasteiger partial charge in [-0.3, -0.25) is 0 Å². The molecule has 10 aromatic carbocycles. The Morgan fingerprint density at radius 2 is 0.831 bits per heavy atom. The van der Waals surface area contributed by atoms with Gasteiger partial charge in [-0.1, -0.05) is 194 Å². The van der Waals surface area contributed by atoms with Crippen LogP contribution in [0.5, 0.6) is 0 Å². The summed E-state index contributed by atoms with van der Waals surface area (Å²) in [6.45, 7) is 2.41. The minimum absolute atomic E-state index is 0.342. The second-order valence-corrected chi connectivity index (χ2v) is 18.8. The van der Waals surface area contributed by atoms with Gasteiger partial charge >= 0.3 is 0 Å². The van der Waals surface area contributed by atoms with E-state index in [0.717, 1.165) is 17.1 Å². The second kappa shape index (κ2) is 14.6. The Bertz CT molecular complexity index is 3580. The van der Waals surface area contributed by atoms with Gasteiger partial charge < -0.3 is 4.90 Å². The monoisotopic (exact) mass is 845 g/mol. The Kier molecular flexibility index (Phi) is 8.50. The standard InChI is InChI=1S/C63H43NS/c1-62(44-19-5-2-6-20-44)56-29-14-11-26-50(56)52-36-33-48(40-58(52)62)64(47-25-17-18-42(38-47)43-32-35-55-54-28-13-16-31-60(54)65-61(55)39-43)49-34-37-53-51-27-12-15-30-57(51)63(59(53)41-49,45-21-7-3-8-22-45)46-23-9-4-10-24-46/h2-41H,1H3. The molecule has 0 N–H and O–H groups in total. The summed E-state index contributed by atoms with van der Waals surface area (Å²) >= 11 is 1.87. The van der Waals surface area contributed by atoms with Crippen molar-refractivity contribution in [1.82, 2.24) is 0 Å². The number of rotatable bonds is 7. The van der Waals surface area contributed by atoms with Gasteiger partial charge in [0.2, 0.25) is 0 Å². The molecule has 2 heteroatoms. The van der Waals surface area contributed by atoms with E-state index in [1.165, 1.54) is 92.5 Å². The quantitative estimate of drug-likeness (QED) is 0.154. The van der Waals surface area contributed by atoms with Crippen LogP contribution in [-0.4, -0.2) is 0 Å². The number of thiophene rings is 1. The molecule has 0 bridgehead atoms. The van der Waals surface area contributed by atoms with Crippen LogP contribution in [0.25, 0.3) is 53.6 Å². The first kappa shape index (κ1) is 37.7. The van der Waals surface area contributed by atoms with Gasteiger partial charge in [0.25, 0.3) is 0 Å². The highest BCUT2D eigenvalue weighted by molar-refractivity contribution is 7.25. The van der Waals surface area contributed by atoms with Crippen LogP contribution in [-0.2, 0) is 10.8 Å². The highest BCUT2D eigenvalue weighted by atomic mass is 32.1. The Morgan fingerprint density at radius 3 is 1.54 bits per heavy atom. The smallest absolute Gasteiger partial charge is 0.0714 e. The van der Waals surface area contributed by atoms with Crippen molar-refractivity contribution in [2.24, 2.45) is 0 Å². The van der Waals surface area contributed by atoms with Gasteiger partial charge in [-0.2, -0.15) is 0 Å². The summed E-state index contributed by atoms with van der Waals surface area (Å²) in [6.07, 6.45) is 0. The maximum atomic E-state index is 2.50. The van der Waals surface area contributed by atoms with E-state index in [1.807, 2.05) is 11.3 Å². The van der Waals surface area contributed by atoms with Crippen LogP contribution < -0.4 is 4.90 Å². The summed E-state index contributed by atoms with van der Waals surface area (Å²) < 4.78 is 2.63. The fraction of sp³-hybridized carbons (Fsp3) is 0.0476. The summed E-state index contributed by atoms with van der Waals surface area (Å²) in [6, 6.07) is 90.6. The van der Waals surface area contributed by atoms with Crippen molar-refractivity contribution in [3.8, 4) is 33.4 Å². The summed E-state index contributed by atoms with van der Waals surface area (Å²) in [5, 5.41) is 2.63. The molecule has 306 valence electrons. The lowest BCUT2D eigenvalue weighted by Gasteiger charge is -2.35. The van der Waals surface area contributed by atoms with Gasteiger partial charge in [0.15, 0.2) is 0 Å². The van der Waals surface area contributed by atoms with Crippen molar-refractivity contribution in [2.45, 2.75) is 17.8 Å². The molecule has 11 aromatic rings. The molecular weight excluding hydrogens is 803 g/mol. The first-order valence-electron chi connectivity index (χ1n) is 22.6. The molecule has 0 saturated heterocycles. The van der Waals surface area contributed by atoms with Crippen LogP contribution in [0.4, 0.5) is 17.1 Å². The first-order valence-corrected chi connectivity index (χ1v) is 23.4. The molecule has 2 aliphatic carbocycles. The third-order valence-electron chi connectivity index (χ3n) is 14.4. The molecule has 13 rings (SSSR count). The SMILES string of the molecule is CC1(c2ccccc2)c2ccccc2-c2ccc(N(c3cccc(-c4ccc5c(c4)sc4ccccc45)c3)c3ccc4c(c3)C(c3ccccc3)(c3ccccc3)c3ccccc3-4)cc21. The third-order valence-corrected chi connectivity index (χ3v) is 15.6. The van der Waals surface area contributed by atoms with E-state index in [9.17, 15) is 0 Å². The first-order chi connectivity index (χ1) is 32.1. The lowest BCUT2D eigenvalue weighted by Crippen LogP contribution is -2.28. The number of anilines is 3. The predicted molar refractivity (Wildman–Crippen MR) is 274 cm³/mol. The van der Waals surface area contributed by atoms with Crippen molar-refractivity contribution in [1.29, 1.82) is 0 Å². The Hall–Kier alpha value is -7.78. The van der Waals surface area contributed by atoms with Crippen LogP contribution >= 0.6 is 11.3 Å². The number of fused-ring (bicyclic) bond motifs is 9. The van der Waals surface area contributed by atoms with Gasteiger partial charge in [0, 0.05) is 42.6 Å². The Labute approximate surface area is 384 Å². The largest absolute Gasteiger partial charge is 0.310 e. The zero-order chi connectivity index (χ0) is 43.1. The molecule has 1 unspecified atom stereocenters. The highest BCUT2D eigenvalue weighted by Gasteiger charge is 2.46. The molecule has 0 saturated carbocycles. The van der Waals surface area contributed by atoms with Gasteiger partial charge in [0.05, 0.1) is 5.41 Å². The molecule has 1 heterocycles. The summed E-state index contributed by atoms with van der Waals surface area (Å²) in [7, 11) is 0. The third kappa shape index (κ3) is 5.57. The molecule has 0 fully saturated rings. The Balaban J connectivity index is 1.05.